The summed E-state index contributed by atoms with van der Waals surface area (Å²) in [7, 11) is -4.28. The predicted octanol–water partition coefficient (Wildman–Crippen LogP) is 1.70. The van der Waals surface area contributed by atoms with Gasteiger partial charge in [-0.25, -0.2) is 0 Å². The Morgan fingerprint density at radius 3 is 2.50 bits per heavy atom. The fourth-order valence-electron chi connectivity index (χ4n) is 4.68. The van der Waals surface area contributed by atoms with Crippen LogP contribution < -0.4 is 4.74 Å². The first-order valence-electron chi connectivity index (χ1n) is 9.23. The first kappa shape index (κ1) is 21.0. The largest absolute Gasteiger partial charge is 0.491 e. The van der Waals surface area contributed by atoms with Crippen molar-refractivity contribution in [3.8, 4) is 5.75 Å². The monoisotopic (exact) mass is 410 g/mol. The van der Waals surface area contributed by atoms with Gasteiger partial charge in [0.15, 0.2) is 5.78 Å². The lowest BCUT2D eigenvalue weighted by atomic mass is 9.70. The molecule has 0 aliphatic heterocycles. The minimum Gasteiger partial charge on any atom is -0.491 e. The number of allylic oxidation sites excluding steroid dienone is 1. The van der Waals surface area contributed by atoms with E-state index >= 15 is 0 Å². The van der Waals surface area contributed by atoms with E-state index in [1.54, 1.807) is 30.3 Å². The molecule has 3 N–H and O–H groups in total. The molecule has 28 heavy (non-hydrogen) atoms. The summed E-state index contributed by atoms with van der Waals surface area (Å²) in [6.45, 7) is 3.40. The fraction of sp³-hybridized carbons (Fsp3) is 0.550. The lowest BCUT2D eigenvalue weighted by Crippen LogP contribution is -2.42. The SMILES string of the molecule is CC1(C)C2CCC1(CS(=O)(=O)O)C(=O)C2=Cc1ccc(OCC(O)CO)cc1. The number of rotatable bonds is 7. The molecule has 0 aromatic heterocycles. The summed E-state index contributed by atoms with van der Waals surface area (Å²) >= 11 is 0. The van der Waals surface area contributed by atoms with Crippen molar-refractivity contribution in [2.75, 3.05) is 19.0 Å². The molecule has 154 valence electrons. The molecule has 3 atom stereocenters. The van der Waals surface area contributed by atoms with Crippen LogP contribution >= 0.6 is 0 Å². The Morgan fingerprint density at radius 2 is 1.93 bits per heavy atom. The minimum absolute atomic E-state index is 0.0240. The zero-order chi connectivity index (χ0) is 20.7. The van der Waals surface area contributed by atoms with E-state index < -0.39 is 32.8 Å². The molecule has 2 fully saturated rings. The molecule has 1 aromatic carbocycles. The smallest absolute Gasteiger partial charge is 0.265 e. The number of carbonyl (C=O) groups excluding carboxylic acids is 1. The number of benzene rings is 1. The second kappa shape index (κ2) is 7.26. The first-order chi connectivity index (χ1) is 13.0. The van der Waals surface area contributed by atoms with Gasteiger partial charge < -0.3 is 14.9 Å². The Morgan fingerprint density at radius 1 is 1.29 bits per heavy atom. The number of hydrogen-bond donors (Lipinski definition) is 3. The lowest BCUT2D eigenvalue weighted by molar-refractivity contribution is -0.125. The van der Waals surface area contributed by atoms with Gasteiger partial charge in [0.2, 0.25) is 0 Å². The van der Waals surface area contributed by atoms with Gasteiger partial charge in [0.25, 0.3) is 10.1 Å². The van der Waals surface area contributed by atoms with Gasteiger partial charge in [-0.1, -0.05) is 26.0 Å². The van der Waals surface area contributed by atoms with Crippen molar-refractivity contribution >= 4 is 22.0 Å². The van der Waals surface area contributed by atoms with Gasteiger partial charge >= 0.3 is 0 Å². The van der Waals surface area contributed by atoms with E-state index in [-0.39, 0.29) is 24.9 Å². The summed E-state index contributed by atoms with van der Waals surface area (Å²) in [5.41, 5.74) is -0.247. The number of hydrogen-bond acceptors (Lipinski definition) is 6. The molecule has 0 saturated heterocycles. The maximum atomic E-state index is 13.1. The molecule has 1 aromatic rings. The number of aliphatic hydroxyl groups excluding tert-OH is 2. The van der Waals surface area contributed by atoms with E-state index in [2.05, 4.69) is 0 Å². The van der Waals surface area contributed by atoms with Crippen LogP contribution in [0.15, 0.2) is 29.8 Å². The summed E-state index contributed by atoms with van der Waals surface area (Å²) < 4.78 is 37.9. The maximum Gasteiger partial charge on any atom is 0.265 e. The van der Waals surface area contributed by atoms with Crippen LogP contribution in [0.1, 0.15) is 32.3 Å². The van der Waals surface area contributed by atoms with Gasteiger partial charge in [0.1, 0.15) is 18.5 Å². The molecule has 2 aliphatic rings. The fourth-order valence-corrected chi connectivity index (χ4v) is 5.95. The Kier molecular flexibility index (Phi) is 5.44. The molecule has 3 unspecified atom stereocenters. The molecule has 7 nitrogen and oxygen atoms in total. The average molecular weight is 410 g/mol. The van der Waals surface area contributed by atoms with Gasteiger partial charge in [-0.2, -0.15) is 8.42 Å². The van der Waals surface area contributed by atoms with Gasteiger partial charge in [0.05, 0.1) is 17.8 Å². The lowest BCUT2D eigenvalue weighted by Gasteiger charge is -2.34. The van der Waals surface area contributed by atoms with Crippen LogP contribution in [0, 0.1) is 16.7 Å². The van der Waals surface area contributed by atoms with Crippen LogP contribution in [0.3, 0.4) is 0 Å². The second-order valence-corrected chi connectivity index (χ2v) is 9.72. The number of aliphatic hydroxyl groups is 2. The molecule has 3 rings (SSSR count). The number of Topliss-reactive ketones (excluding diaryl/α,β-unsaturated/α-hetero) is 1. The van der Waals surface area contributed by atoms with Crippen LogP contribution in [0.2, 0.25) is 0 Å². The van der Waals surface area contributed by atoms with E-state index in [1.807, 2.05) is 13.8 Å². The van der Waals surface area contributed by atoms with E-state index in [0.717, 1.165) is 5.56 Å². The highest BCUT2D eigenvalue weighted by atomic mass is 32.2. The Bertz CT molecular complexity index is 886. The highest BCUT2D eigenvalue weighted by molar-refractivity contribution is 7.85. The number of ether oxygens (including phenoxy) is 1. The van der Waals surface area contributed by atoms with Gasteiger partial charge in [-0.05, 0) is 47.9 Å². The number of carbonyl (C=O) groups is 1. The molecular formula is C20H26O7S. The van der Waals surface area contributed by atoms with Crippen LogP contribution in [0.5, 0.6) is 5.75 Å². The Balaban J connectivity index is 1.84. The zero-order valence-corrected chi connectivity index (χ0v) is 16.8. The van der Waals surface area contributed by atoms with Crippen LogP contribution in [0.4, 0.5) is 0 Å². The van der Waals surface area contributed by atoms with Crippen LogP contribution in [-0.2, 0) is 14.9 Å². The summed E-state index contributed by atoms with van der Waals surface area (Å²) in [5, 5.41) is 18.1. The summed E-state index contributed by atoms with van der Waals surface area (Å²) in [6.07, 6.45) is 2.00. The highest BCUT2D eigenvalue weighted by Gasteiger charge is 2.67. The van der Waals surface area contributed by atoms with E-state index in [4.69, 9.17) is 9.84 Å². The Labute approximate surface area is 164 Å². The van der Waals surface area contributed by atoms with Gasteiger partial charge in [-0.3, -0.25) is 9.35 Å². The molecule has 0 radical (unpaired) electrons. The number of fused-ring (bicyclic) bond motifs is 2. The summed E-state index contributed by atoms with van der Waals surface area (Å²) in [4.78, 5) is 13.1. The van der Waals surface area contributed by atoms with Crippen molar-refractivity contribution in [1.82, 2.24) is 0 Å². The molecule has 0 spiro atoms. The van der Waals surface area contributed by atoms with Crippen molar-refractivity contribution in [2.45, 2.75) is 32.8 Å². The predicted molar refractivity (Wildman–Crippen MR) is 103 cm³/mol. The van der Waals surface area contributed by atoms with Crippen molar-refractivity contribution in [3.63, 3.8) is 0 Å². The number of ketones is 1. The normalized spacial score (nSPS) is 28.7. The van der Waals surface area contributed by atoms with Gasteiger partial charge in [0, 0.05) is 5.57 Å². The maximum absolute atomic E-state index is 13.1. The molecule has 8 heteroatoms. The standard InChI is InChI=1S/C20H26O7S/c1-19(2)17-7-8-20(19,12-28(24,25)26)18(23)16(17)9-13-3-5-15(6-4-13)27-11-14(22)10-21/h3-6,9,14,17,21-22H,7-8,10-12H2,1-2H3,(H,24,25,26). The van der Waals surface area contributed by atoms with Crippen molar-refractivity contribution in [2.24, 2.45) is 16.7 Å². The Hall–Kier alpha value is -1.74. The third-order valence-electron chi connectivity index (χ3n) is 6.32. The van der Waals surface area contributed by atoms with Crippen molar-refractivity contribution in [1.29, 1.82) is 0 Å². The molecule has 0 amide bonds. The average Bonchev–Trinajstić information content (AvgIpc) is 2.94. The quantitative estimate of drug-likeness (QED) is 0.462. The van der Waals surface area contributed by atoms with Crippen molar-refractivity contribution in [3.05, 3.63) is 35.4 Å². The van der Waals surface area contributed by atoms with Crippen molar-refractivity contribution < 1.29 is 32.7 Å². The minimum atomic E-state index is -4.28. The molecule has 2 bridgehead atoms. The molecular weight excluding hydrogens is 384 g/mol. The van der Waals surface area contributed by atoms with E-state index in [1.165, 1.54) is 0 Å². The second-order valence-electron chi connectivity index (χ2n) is 8.27. The van der Waals surface area contributed by atoms with Crippen LogP contribution in [0.25, 0.3) is 6.08 Å². The third-order valence-corrected chi connectivity index (χ3v) is 7.18. The van der Waals surface area contributed by atoms with Crippen LogP contribution in [-0.4, -0.2) is 54.0 Å². The van der Waals surface area contributed by atoms with Gasteiger partial charge in [-0.15, -0.1) is 0 Å². The topological polar surface area (TPSA) is 121 Å². The zero-order valence-electron chi connectivity index (χ0n) is 16.0. The third kappa shape index (κ3) is 3.61. The molecule has 2 saturated carbocycles. The summed E-state index contributed by atoms with van der Waals surface area (Å²) in [6, 6.07) is 6.95. The molecule has 2 aliphatic carbocycles. The van der Waals surface area contributed by atoms with E-state index in [9.17, 15) is 22.9 Å². The first-order valence-corrected chi connectivity index (χ1v) is 10.8. The van der Waals surface area contributed by atoms with E-state index in [0.29, 0.717) is 24.2 Å². The highest BCUT2D eigenvalue weighted by Crippen LogP contribution is 2.66. The molecule has 0 heterocycles. The summed E-state index contributed by atoms with van der Waals surface area (Å²) in [5.74, 6) is -0.271.